The third kappa shape index (κ3) is 4.25. The van der Waals surface area contributed by atoms with Gasteiger partial charge in [-0.25, -0.2) is 0 Å². The minimum Gasteiger partial charge on any atom is -0.396 e. The lowest BCUT2D eigenvalue weighted by molar-refractivity contribution is 0.127. The van der Waals surface area contributed by atoms with Crippen molar-refractivity contribution < 1.29 is 9.84 Å². The summed E-state index contributed by atoms with van der Waals surface area (Å²) in [6, 6.07) is 0. The number of guanidine groups is 1. The number of rotatable bonds is 5. The van der Waals surface area contributed by atoms with Crippen molar-refractivity contribution in [3.63, 3.8) is 0 Å². The number of aliphatic imine (C=N–C) groups is 1. The highest BCUT2D eigenvalue weighted by atomic mass is 16.5. The second-order valence-corrected chi connectivity index (χ2v) is 4.26. The van der Waals surface area contributed by atoms with Crippen LogP contribution >= 0.6 is 0 Å². The molecule has 1 aliphatic heterocycles. The number of hydrogen-bond donors (Lipinski definition) is 3. The van der Waals surface area contributed by atoms with Crippen LogP contribution in [0.25, 0.3) is 0 Å². The molecule has 1 heterocycles. The van der Waals surface area contributed by atoms with Crippen molar-refractivity contribution in [1.29, 1.82) is 0 Å². The van der Waals surface area contributed by atoms with Crippen LogP contribution in [0, 0.1) is 17.8 Å². The molecule has 0 aromatic carbocycles. The van der Waals surface area contributed by atoms with Crippen LogP contribution in [-0.4, -0.2) is 51.0 Å². The molecule has 0 amide bonds. The van der Waals surface area contributed by atoms with Gasteiger partial charge < -0.3 is 20.5 Å². The van der Waals surface area contributed by atoms with E-state index >= 15 is 0 Å². The second-order valence-electron chi connectivity index (χ2n) is 4.26. The Balaban J connectivity index is 2.43. The fraction of sp³-hybridized carbons (Fsp3) is 0.750. The van der Waals surface area contributed by atoms with Crippen LogP contribution in [0.5, 0.6) is 0 Å². The molecule has 1 unspecified atom stereocenters. The van der Waals surface area contributed by atoms with Gasteiger partial charge in [0.1, 0.15) is 0 Å². The fourth-order valence-corrected chi connectivity index (χ4v) is 1.94. The van der Waals surface area contributed by atoms with Gasteiger partial charge in [-0.15, -0.1) is 6.42 Å². The summed E-state index contributed by atoms with van der Waals surface area (Å²) in [6.45, 7) is 2.81. The Kier molecular flexibility index (Phi) is 5.81. The minimum absolute atomic E-state index is 0.0164. The predicted molar refractivity (Wildman–Crippen MR) is 67.8 cm³/mol. The summed E-state index contributed by atoms with van der Waals surface area (Å²) >= 11 is 0. The summed E-state index contributed by atoms with van der Waals surface area (Å²) in [5, 5.41) is 15.3. The molecule has 0 aromatic heterocycles. The molecule has 1 fully saturated rings. The Bertz CT molecular complexity index is 291. The molecule has 1 saturated heterocycles. The molecular weight excluding hydrogens is 218 g/mol. The Hall–Kier alpha value is -1.25. The molecule has 0 aromatic rings. The van der Waals surface area contributed by atoms with Crippen molar-refractivity contribution in [3.8, 4) is 12.3 Å². The van der Waals surface area contributed by atoms with Crippen molar-refractivity contribution >= 4 is 5.96 Å². The van der Waals surface area contributed by atoms with Crippen molar-refractivity contribution in [3.05, 3.63) is 0 Å². The zero-order chi connectivity index (χ0) is 12.6. The summed E-state index contributed by atoms with van der Waals surface area (Å²) in [6.07, 6.45) is 6.88. The standard InChI is InChI=1S/C12H21N3O2/c1-3-6-14-11(13-2)15-9-12(4-7-16)5-8-17-10-12/h1,16H,4-10H2,2H3,(H2,13,14,15). The average Bonchev–Trinajstić information content (AvgIpc) is 2.79. The van der Waals surface area contributed by atoms with Gasteiger partial charge in [-0.3, -0.25) is 4.99 Å². The zero-order valence-electron chi connectivity index (χ0n) is 10.3. The Morgan fingerprint density at radius 2 is 2.41 bits per heavy atom. The van der Waals surface area contributed by atoms with Crippen molar-refractivity contribution in [1.82, 2.24) is 10.6 Å². The zero-order valence-corrected chi connectivity index (χ0v) is 10.3. The minimum atomic E-state index is 0.0164. The van der Waals surface area contributed by atoms with E-state index in [0.29, 0.717) is 19.1 Å². The Morgan fingerprint density at radius 3 is 2.94 bits per heavy atom. The van der Waals surface area contributed by atoms with Gasteiger partial charge in [0.2, 0.25) is 0 Å². The van der Waals surface area contributed by atoms with Crippen LogP contribution in [-0.2, 0) is 4.74 Å². The third-order valence-electron chi connectivity index (χ3n) is 3.04. The van der Waals surface area contributed by atoms with E-state index in [9.17, 15) is 0 Å². The number of ether oxygens (including phenoxy) is 1. The largest absolute Gasteiger partial charge is 0.396 e. The molecule has 1 atom stereocenters. The SMILES string of the molecule is C#CCNC(=NC)NCC1(CCO)CCOC1. The molecule has 1 aliphatic rings. The molecule has 17 heavy (non-hydrogen) atoms. The van der Waals surface area contributed by atoms with E-state index in [1.807, 2.05) is 0 Å². The number of terminal acetylenes is 1. The van der Waals surface area contributed by atoms with Gasteiger partial charge in [-0.1, -0.05) is 5.92 Å². The number of hydrogen-bond acceptors (Lipinski definition) is 3. The first-order chi connectivity index (χ1) is 8.26. The highest BCUT2D eigenvalue weighted by molar-refractivity contribution is 5.79. The fourth-order valence-electron chi connectivity index (χ4n) is 1.94. The average molecular weight is 239 g/mol. The highest BCUT2D eigenvalue weighted by Gasteiger charge is 2.34. The molecule has 5 nitrogen and oxygen atoms in total. The van der Waals surface area contributed by atoms with Gasteiger partial charge in [0.15, 0.2) is 5.96 Å². The number of nitrogens with zero attached hydrogens (tertiary/aromatic N) is 1. The molecule has 0 radical (unpaired) electrons. The van der Waals surface area contributed by atoms with Crippen LogP contribution in [0.1, 0.15) is 12.8 Å². The van der Waals surface area contributed by atoms with E-state index in [0.717, 1.165) is 26.0 Å². The summed E-state index contributed by atoms with van der Waals surface area (Å²) in [7, 11) is 1.70. The van der Waals surface area contributed by atoms with Gasteiger partial charge in [0.25, 0.3) is 0 Å². The van der Waals surface area contributed by atoms with E-state index < -0.39 is 0 Å². The summed E-state index contributed by atoms with van der Waals surface area (Å²) < 4.78 is 5.42. The lowest BCUT2D eigenvalue weighted by Crippen LogP contribution is -2.44. The van der Waals surface area contributed by atoms with Crippen LogP contribution in [0.4, 0.5) is 0 Å². The topological polar surface area (TPSA) is 65.9 Å². The van der Waals surface area contributed by atoms with Crippen molar-refractivity contribution in [2.75, 3.05) is 40.0 Å². The molecule has 1 rings (SSSR count). The molecule has 5 heteroatoms. The monoisotopic (exact) mass is 239 g/mol. The lowest BCUT2D eigenvalue weighted by atomic mass is 9.84. The first kappa shape index (κ1) is 13.8. The third-order valence-corrected chi connectivity index (χ3v) is 3.04. The normalized spacial score (nSPS) is 24.4. The van der Waals surface area contributed by atoms with E-state index in [1.165, 1.54) is 0 Å². The summed E-state index contributed by atoms with van der Waals surface area (Å²) in [5.41, 5.74) is 0.0164. The summed E-state index contributed by atoms with van der Waals surface area (Å²) in [4.78, 5) is 4.07. The van der Waals surface area contributed by atoms with Crippen LogP contribution in [0.3, 0.4) is 0 Å². The predicted octanol–water partition coefficient (Wildman–Crippen LogP) is -0.426. The van der Waals surface area contributed by atoms with Crippen LogP contribution in [0.15, 0.2) is 4.99 Å². The van der Waals surface area contributed by atoms with E-state index in [2.05, 4.69) is 21.5 Å². The number of aliphatic hydroxyl groups excluding tert-OH is 1. The Labute approximate surface area is 103 Å². The van der Waals surface area contributed by atoms with Gasteiger partial charge >= 0.3 is 0 Å². The second kappa shape index (κ2) is 7.15. The maximum Gasteiger partial charge on any atom is 0.191 e. The molecule has 0 aliphatic carbocycles. The smallest absolute Gasteiger partial charge is 0.191 e. The first-order valence-electron chi connectivity index (χ1n) is 5.83. The van der Waals surface area contributed by atoms with Gasteiger partial charge in [0.05, 0.1) is 13.2 Å². The van der Waals surface area contributed by atoms with E-state index in [-0.39, 0.29) is 12.0 Å². The number of aliphatic hydroxyl groups is 1. The first-order valence-corrected chi connectivity index (χ1v) is 5.83. The van der Waals surface area contributed by atoms with Crippen LogP contribution in [0.2, 0.25) is 0 Å². The maximum atomic E-state index is 9.10. The van der Waals surface area contributed by atoms with Gasteiger partial charge in [0, 0.05) is 32.2 Å². The molecule has 96 valence electrons. The van der Waals surface area contributed by atoms with Gasteiger partial charge in [-0.05, 0) is 12.8 Å². The molecule has 3 N–H and O–H groups in total. The van der Waals surface area contributed by atoms with Crippen LogP contribution < -0.4 is 10.6 Å². The maximum absolute atomic E-state index is 9.10. The molecular formula is C12H21N3O2. The Morgan fingerprint density at radius 1 is 1.59 bits per heavy atom. The molecule has 0 saturated carbocycles. The molecule has 0 spiro atoms. The molecule has 0 bridgehead atoms. The summed E-state index contributed by atoms with van der Waals surface area (Å²) in [5.74, 6) is 3.19. The van der Waals surface area contributed by atoms with E-state index in [1.54, 1.807) is 7.05 Å². The van der Waals surface area contributed by atoms with Crippen molar-refractivity contribution in [2.24, 2.45) is 10.4 Å². The number of nitrogens with one attached hydrogen (secondary N) is 2. The highest BCUT2D eigenvalue weighted by Crippen LogP contribution is 2.31. The van der Waals surface area contributed by atoms with E-state index in [4.69, 9.17) is 16.3 Å². The lowest BCUT2D eigenvalue weighted by Gasteiger charge is -2.27. The van der Waals surface area contributed by atoms with Gasteiger partial charge in [-0.2, -0.15) is 0 Å². The van der Waals surface area contributed by atoms with Crippen molar-refractivity contribution in [2.45, 2.75) is 12.8 Å². The quantitative estimate of drug-likeness (QED) is 0.346.